The predicted octanol–water partition coefficient (Wildman–Crippen LogP) is 5.46. The number of nitrogens with one attached hydrogen (secondary N) is 1. The van der Waals surface area contributed by atoms with Crippen molar-refractivity contribution in [2.75, 3.05) is 13.2 Å². The van der Waals surface area contributed by atoms with Gasteiger partial charge in [-0.3, -0.25) is 4.79 Å². The van der Waals surface area contributed by atoms with Crippen molar-refractivity contribution in [1.82, 2.24) is 5.32 Å². The van der Waals surface area contributed by atoms with Crippen LogP contribution >= 0.6 is 0 Å². The molecule has 1 N–H and O–H groups in total. The summed E-state index contributed by atoms with van der Waals surface area (Å²) in [5.74, 6) is 3.89. The highest BCUT2D eigenvalue weighted by Crippen LogP contribution is 2.62. The van der Waals surface area contributed by atoms with E-state index in [-0.39, 0.29) is 5.41 Å². The van der Waals surface area contributed by atoms with Crippen LogP contribution in [0.3, 0.4) is 0 Å². The molecule has 2 saturated carbocycles. The van der Waals surface area contributed by atoms with Crippen LogP contribution in [0.4, 0.5) is 0 Å². The van der Waals surface area contributed by atoms with E-state index in [2.05, 4.69) is 33.0 Å². The molecule has 3 unspecified atom stereocenters. The fourth-order valence-corrected chi connectivity index (χ4v) is 8.06. The van der Waals surface area contributed by atoms with E-state index in [1.165, 1.54) is 37.7 Å². The number of ether oxygens (including phenoxy) is 1. The van der Waals surface area contributed by atoms with E-state index in [0.29, 0.717) is 35.7 Å². The summed E-state index contributed by atoms with van der Waals surface area (Å²) in [6.45, 7) is 11.7. The molecule has 0 aromatic heterocycles. The van der Waals surface area contributed by atoms with Gasteiger partial charge in [-0.1, -0.05) is 37.5 Å². The van der Waals surface area contributed by atoms with Crippen molar-refractivity contribution in [1.29, 1.82) is 0 Å². The summed E-state index contributed by atoms with van der Waals surface area (Å²) in [5.41, 5.74) is 5.15. The maximum absolute atomic E-state index is 12.1. The minimum absolute atomic E-state index is 0.245. The van der Waals surface area contributed by atoms with E-state index in [9.17, 15) is 4.79 Å². The molecule has 5 rings (SSSR count). The lowest BCUT2D eigenvalue weighted by molar-refractivity contribution is -0.116. The van der Waals surface area contributed by atoms with Crippen LogP contribution in [0.2, 0.25) is 0 Å². The molecule has 0 aromatic carbocycles. The number of ketones is 1. The number of hydrogen-bond acceptors (Lipinski definition) is 3. The van der Waals surface area contributed by atoms with Crippen molar-refractivity contribution < 1.29 is 9.53 Å². The Morgan fingerprint density at radius 3 is 2.83 bits per heavy atom. The van der Waals surface area contributed by atoms with Crippen LogP contribution in [0.5, 0.6) is 0 Å². The minimum Gasteiger partial charge on any atom is -0.377 e. The fourth-order valence-electron chi connectivity index (χ4n) is 8.06. The normalized spacial score (nSPS) is 49.4. The van der Waals surface area contributed by atoms with E-state index < -0.39 is 0 Å². The zero-order chi connectivity index (χ0) is 21.0. The standard InChI is InChI=1S/C27H41NO2/c1-16-11-25-26(28-15-16)18(3)12-17(2)23-14-24-22(21(23)8-10-30-25)6-5-19-13-20(29)7-9-27(19,24)4/h13,16,18,21-22,24-26,28H,5-12,14-15H2,1-4H3/b23-17-/t16-,18?,21-,22?,24-,25?,26-,27-/m0/s1. The highest BCUT2D eigenvalue weighted by Gasteiger charge is 2.53. The molecule has 5 aliphatic rings. The van der Waals surface area contributed by atoms with Crippen molar-refractivity contribution in [2.24, 2.45) is 35.0 Å². The first kappa shape index (κ1) is 20.9. The van der Waals surface area contributed by atoms with Crippen LogP contribution in [-0.2, 0) is 9.53 Å². The lowest BCUT2D eigenvalue weighted by atomic mass is 9.56. The lowest BCUT2D eigenvalue weighted by Crippen LogP contribution is -2.52. The average molecular weight is 412 g/mol. The first-order chi connectivity index (χ1) is 14.4. The van der Waals surface area contributed by atoms with Gasteiger partial charge in [-0.15, -0.1) is 0 Å². The topological polar surface area (TPSA) is 38.3 Å². The van der Waals surface area contributed by atoms with Crippen molar-refractivity contribution >= 4 is 5.78 Å². The third-order valence-corrected chi connectivity index (χ3v) is 9.73. The SMILES string of the molecule is C/C1=C2\C[C@H]3C(CCC4=CC(=O)CC[C@@]43C)[C@@H]2CCOC2C[C@H](C)CN[C@H]2C(C)C1. The minimum atomic E-state index is 0.245. The molecule has 2 aliphatic heterocycles. The first-order valence-electron chi connectivity index (χ1n) is 12.6. The van der Waals surface area contributed by atoms with Crippen LogP contribution in [-0.4, -0.2) is 31.1 Å². The summed E-state index contributed by atoms with van der Waals surface area (Å²) >= 11 is 0. The quantitative estimate of drug-likeness (QED) is 0.538. The fraction of sp³-hybridized carbons (Fsp3) is 0.815. The van der Waals surface area contributed by atoms with Crippen LogP contribution in [0.25, 0.3) is 0 Å². The summed E-state index contributed by atoms with van der Waals surface area (Å²) in [7, 11) is 0. The Bertz CT molecular complexity index is 767. The molecule has 3 nitrogen and oxygen atoms in total. The molecule has 2 heterocycles. The van der Waals surface area contributed by atoms with Gasteiger partial charge in [-0.2, -0.15) is 0 Å². The molecule has 0 spiro atoms. The molecule has 166 valence electrons. The van der Waals surface area contributed by atoms with E-state index in [1.54, 1.807) is 11.1 Å². The zero-order valence-electron chi connectivity index (χ0n) is 19.5. The molecular formula is C27H41NO2. The van der Waals surface area contributed by atoms with Crippen LogP contribution in [0, 0.1) is 35.0 Å². The van der Waals surface area contributed by atoms with Crippen molar-refractivity contribution in [3.8, 4) is 0 Å². The monoisotopic (exact) mass is 411 g/mol. The van der Waals surface area contributed by atoms with Crippen molar-refractivity contribution in [2.45, 2.75) is 91.2 Å². The molecule has 30 heavy (non-hydrogen) atoms. The Labute approximate surface area is 183 Å². The van der Waals surface area contributed by atoms with Crippen LogP contribution < -0.4 is 5.32 Å². The number of carbonyl (C=O) groups excluding carboxylic acids is 1. The second-order valence-corrected chi connectivity index (χ2v) is 11.6. The van der Waals surface area contributed by atoms with Gasteiger partial charge in [0.05, 0.1) is 6.10 Å². The van der Waals surface area contributed by atoms with Crippen molar-refractivity contribution in [3.63, 3.8) is 0 Å². The number of fused-ring (bicyclic) bond motifs is 6. The van der Waals surface area contributed by atoms with Crippen LogP contribution in [0.15, 0.2) is 22.8 Å². The number of carbonyl (C=O) groups is 1. The number of allylic oxidation sites excluding steroid dienone is 4. The second-order valence-electron chi connectivity index (χ2n) is 11.6. The van der Waals surface area contributed by atoms with E-state index in [1.807, 2.05) is 6.08 Å². The number of hydrogen-bond donors (Lipinski definition) is 1. The molecule has 8 atom stereocenters. The van der Waals surface area contributed by atoms with Gasteiger partial charge in [0.25, 0.3) is 0 Å². The second kappa shape index (κ2) is 7.89. The van der Waals surface area contributed by atoms with Gasteiger partial charge in [0.2, 0.25) is 0 Å². The largest absolute Gasteiger partial charge is 0.377 e. The lowest BCUT2D eigenvalue weighted by Gasteiger charge is -2.48. The molecule has 0 amide bonds. The molecule has 3 aliphatic carbocycles. The predicted molar refractivity (Wildman–Crippen MR) is 121 cm³/mol. The summed E-state index contributed by atoms with van der Waals surface area (Å²) in [4.78, 5) is 12.1. The van der Waals surface area contributed by atoms with Gasteiger partial charge in [0, 0.05) is 19.1 Å². The smallest absolute Gasteiger partial charge is 0.155 e. The highest BCUT2D eigenvalue weighted by atomic mass is 16.5. The summed E-state index contributed by atoms with van der Waals surface area (Å²) in [6, 6.07) is 0.494. The molecule has 1 saturated heterocycles. The molecule has 0 bridgehead atoms. The highest BCUT2D eigenvalue weighted by molar-refractivity contribution is 5.91. The maximum atomic E-state index is 12.1. The Balaban J connectivity index is 1.44. The number of rotatable bonds is 0. The van der Waals surface area contributed by atoms with Gasteiger partial charge < -0.3 is 10.1 Å². The zero-order valence-corrected chi connectivity index (χ0v) is 19.5. The Kier molecular flexibility index (Phi) is 5.51. The molecule has 3 fully saturated rings. The van der Waals surface area contributed by atoms with E-state index in [4.69, 9.17) is 4.74 Å². The summed E-state index contributed by atoms with van der Waals surface area (Å²) in [6.07, 6.45) is 11.5. The maximum Gasteiger partial charge on any atom is 0.155 e. The Hall–Kier alpha value is -0.930. The average Bonchev–Trinajstić information content (AvgIpc) is 3.08. The Morgan fingerprint density at radius 1 is 1.17 bits per heavy atom. The Morgan fingerprint density at radius 2 is 2.00 bits per heavy atom. The van der Waals surface area contributed by atoms with Crippen LogP contribution in [0.1, 0.15) is 79.1 Å². The summed E-state index contributed by atoms with van der Waals surface area (Å²) < 4.78 is 6.59. The van der Waals surface area contributed by atoms with Gasteiger partial charge in [-0.25, -0.2) is 0 Å². The first-order valence-corrected chi connectivity index (χ1v) is 12.6. The molecular weight excluding hydrogens is 370 g/mol. The van der Waals surface area contributed by atoms with E-state index >= 15 is 0 Å². The van der Waals surface area contributed by atoms with Gasteiger partial charge in [-0.05, 0) is 99.5 Å². The van der Waals surface area contributed by atoms with Crippen molar-refractivity contribution in [3.05, 3.63) is 22.8 Å². The molecule has 0 aromatic rings. The summed E-state index contributed by atoms with van der Waals surface area (Å²) in [5, 5.41) is 3.83. The molecule has 3 heteroatoms. The third kappa shape index (κ3) is 3.45. The molecule has 0 radical (unpaired) electrons. The van der Waals surface area contributed by atoms with Gasteiger partial charge in [0.15, 0.2) is 5.78 Å². The van der Waals surface area contributed by atoms with E-state index in [0.717, 1.165) is 44.2 Å². The third-order valence-electron chi connectivity index (χ3n) is 9.73. The van der Waals surface area contributed by atoms with Gasteiger partial charge >= 0.3 is 0 Å². The number of piperidine rings is 1. The van der Waals surface area contributed by atoms with Gasteiger partial charge in [0.1, 0.15) is 0 Å².